The summed E-state index contributed by atoms with van der Waals surface area (Å²) in [5.74, 6) is -1.05. The Morgan fingerprint density at radius 1 is 0.654 bits per heavy atom. The van der Waals surface area contributed by atoms with Gasteiger partial charge in [0.05, 0.1) is 0 Å². The van der Waals surface area contributed by atoms with Gasteiger partial charge in [-0.25, -0.2) is 9.59 Å². The van der Waals surface area contributed by atoms with Crippen LogP contribution in [0.25, 0.3) is 0 Å². The number of carbonyl (C=O) groups excluding carboxylic acids is 2. The fraction of sp³-hybridized carbons (Fsp3) is 0.200. The summed E-state index contributed by atoms with van der Waals surface area (Å²) in [6, 6.07) is 19.3. The van der Waals surface area contributed by atoms with Crippen molar-refractivity contribution in [3.8, 4) is 0 Å². The number of hydrogen-bond donors (Lipinski definition) is 0. The molecule has 0 radical (unpaired) electrons. The third kappa shape index (κ3) is 5.54. The van der Waals surface area contributed by atoms with Crippen molar-refractivity contribution in [2.75, 3.05) is 0 Å². The average Bonchev–Trinajstić information content (AvgIpc) is 2.61. The standard InChI is InChI=1S/C20H24O4Si2/c1-25(2,17-11-7-5-8-12-17)23-19(21)15-16-20(22)24-26(3,4)18-13-9-6-10-14-18/h5-16H,1-4H3/b16-15+. The van der Waals surface area contributed by atoms with Gasteiger partial charge in [-0.1, -0.05) is 60.7 Å². The molecule has 26 heavy (non-hydrogen) atoms. The first-order valence-electron chi connectivity index (χ1n) is 8.46. The molecule has 2 rings (SSSR count). The van der Waals surface area contributed by atoms with E-state index in [1.54, 1.807) is 0 Å². The van der Waals surface area contributed by atoms with E-state index in [-0.39, 0.29) is 0 Å². The van der Waals surface area contributed by atoms with Crippen molar-refractivity contribution in [2.24, 2.45) is 0 Å². The lowest BCUT2D eigenvalue weighted by Crippen LogP contribution is -2.46. The van der Waals surface area contributed by atoms with Crippen molar-refractivity contribution < 1.29 is 18.4 Å². The van der Waals surface area contributed by atoms with Gasteiger partial charge in [-0.3, -0.25) is 0 Å². The monoisotopic (exact) mass is 384 g/mol. The normalized spacial score (nSPS) is 12.0. The van der Waals surface area contributed by atoms with Gasteiger partial charge in [0.25, 0.3) is 16.6 Å². The highest BCUT2D eigenvalue weighted by Gasteiger charge is 2.30. The molecule has 0 unspecified atom stereocenters. The summed E-state index contributed by atoms with van der Waals surface area (Å²) in [6.45, 7) is 7.77. The number of carbonyl (C=O) groups is 2. The smallest absolute Gasteiger partial charge is 0.317 e. The van der Waals surface area contributed by atoms with Gasteiger partial charge in [-0.05, 0) is 36.6 Å². The second kappa shape index (κ2) is 8.29. The summed E-state index contributed by atoms with van der Waals surface area (Å²) in [5, 5.41) is 2.03. The Labute approximate surface area is 156 Å². The average molecular weight is 385 g/mol. The van der Waals surface area contributed by atoms with Gasteiger partial charge in [-0.15, -0.1) is 0 Å². The lowest BCUT2D eigenvalue weighted by molar-refractivity contribution is -0.132. The maximum Gasteiger partial charge on any atom is 0.317 e. The van der Waals surface area contributed by atoms with E-state index in [0.717, 1.165) is 22.5 Å². The first-order valence-corrected chi connectivity index (χ1v) is 14.3. The number of rotatable bonds is 6. The molecular weight excluding hydrogens is 360 g/mol. The SMILES string of the molecule is C[Si](C)(OC(=O)/C=C/C(=O)O[Si](C)(C)c1ccccc1)c1ccccc1. The van der Waals surface area contributed by atoms with Crippen LogP contribution < -0.4 is 10.4 Å². The highest BCUT2D eigenvalue weighted by atomic mass is 28.4. The molecule has 0 aromatic heterocycles. The Morgan fingerprint density at radius 3 is 1.27 bits per heavy atom. The van der Waals surface area contributed by atoms with Crippen molar-refractivity contribution in [1.29, 1.82) is 0 Å². The van der Waals surface area contributed by atoms with E-state index in [4.69, 9.17) is 8.85 Å². The maximum absolute atomic E-state index is 12.1. The van der Waals surface area contributed by atoms with Gasteiger partial charge in [0.15, 0.2) is 0 Å². The zero-order valence-electron chi connectivity index (χ0n) is 15.6. The Morgan fingerprint density at radius 2 is 0.962 bits per heavy atom. The molecular formula is C20H24O4Si2. The van der Waals surface area contributed by atoms with Crippen molar-refractivity contribution in [1.82, 2.24) is 0 Å². The third-order valence-corrected chi connectivity index (χ3v) is 8.88. The van der Waals surface area contributed by atoms with E-state index >= 15 is 0 Å². The van der Waals surface area contributed by atoms with E-state index in [9.17, 15) is 9.59 Å². The van der Waals surface area contributed by atoms with E-state index in [1.165, 1.54) is 0 Å². The van der Waals surface area contributed by atoms with Crippen molar-refractivity contribution >= 4 is 38.9 Å². The lowest BCUT2D eigenvalue weighted by Gasteiger charge is -2.23. The van der Waals surface area contributed by atoms with Gasteiger partial charge in [-0.2, -0.15) is 0 Å². The van der Waals surface area contributed by atoms with Crippen LogP contribution in [-0.4, -0.2) is 28.6 Å². The van der Waals surface area contributed by atoms with Gasteiger partial charge in [0, 0.05) is 12.2 Å². The summed E-state index contributed by atoms with van der Waals surface area (Å²) in [5.41, 5.74) is 0. The van der Waals surface area contributed by atoms with E-state index < -0.39 is 28.6 Å². The van der Waals surface area contributed by atoms with E-state index in [1.807, 2.05) is 86.9 Å². The van der Waals surface area contributed by atoms with E-state index in [0.29, 0.717) is 0 Å². The molecule has 0 N–H and O–H groups in total. The first kappa shape index (κ1) is 19.9. The van der Waals surface area contributed by atoms with Crippen LogP contribution in [0, 0.1) is 0 Å². The molecule has 4 nitrogen and oxygen atoms in total. The van der Waals surface area contributed by atoms with Gasteiger partial charge < -0.3 is 8.85 Å². The molecule has 0 heterocycles. The Kier molecular flexibility index (Phi) is 6.34. The van der Waals surface area contributed by atoms with Crippen LogP contribution >= 0.6 is 0 Å². The van der Waals surface area contributed by atoms with Crippen LogP contribution in [0.1, 0.15) is 0 Å². The minimum absolute atomic E-state index is 0.526. The highest BCUT2D eigenvalue weighted by Crippen LogP contribution is 2.08. The molecule has 0 aliphatic heterocycles. The molecule has 2 aromatic rings. The number of benzene rings is 2. The quantitative estimate of drug-likeness (QED) is 0.568. The van der Waals surface area contributed by atoms with Crippen molar-refractivity contribution in [2.45, 2.75) is 26.2 Å². The molecule has 2 aromatic carbocycles. The third-order valence-electron chi connectivity index (χ3n) is 4.00. The molecule has 0 saturated carbocycles. The van der Waals surface area contributed by atoms with Crippen LogP contribution in [0.2, 0.25) is 26.2 Å². The second-order valence-corrected chi connectivity index (χ2v) is 14.5. The molecule has 136 valence electrons. The van der Waals surface area contributed by atoms with Gasteiger partial charge >= 0.3 is 11.9 Å². The van der Waals surface area contributed by atoms with Crippen LogP contribution in [0.15, 0.2) is 72.8 Å². The van der Waals surface area contributed by atoms with Crippen LogP contribution in [0.5, 0.6) is 0 Å². The molecule has 0 atom stereocenters. The van der Waals surface area contributed by atoms with Crippen molar-refractivity contribution in [3.05, 3.63) is 72.8 Å². The predicted octanol–water partition coefficient (Wildman–Crippen LogP) is 2.85. The number of hydrogen-bond acceptors (Lipinski definition) is 4. The zero-order chi connectivity index (χ0) is 19.2. The molecule has 0 bridgehead atoms. The fourth-order valence-corrected chi connectivity index (χ4v) is 5.87. The minimum atomic E-state index is -2.36. The van der Waals surface area contributed by atoms with Crippen LogP contribution in [-0.2, 0) is 18.4 Å². The highest BCUT2D eigenvalue weighted by molar-refractivity contribution is 6.86. The van der Waals surface area contributed by atoms with Gasteiger partial charge in [0.1, 0.15) is 0 Å². The fourth-order valence-electron chi connectivity index (χ4n) is 2.50. The van der Waals surface area contributed by atoms with Crippen LogP contribution in [0.4, 0.5) is 0 Å². The maximum atomic E-state index is 12.1. The second-order valence-electron chi connectivity index (χ2n) is 6.93. The lowest BCUT2D eigenvalue weighted by atomic mass is 10.4. The van der Waals surface area contributed by atoms with Crippen molar-refractivity contribution in [3.63, 3.8) is 0 Å². The Bertz CT molecular complexity index is 716. The zero-order valence-corrected chi connectivity index (χ0v) is 17.6. The molecule has 0 saturated heterocycles. The summed E-state index contributed by atoms with van der Waals surface area (Å²) in [6.07, 6.45) is 2.30. The Balaban J connectivity index is 1.96. The largest absolute Gasteiger partial charge is 0.512 e. The predicted molar refractivity (Wildman–Crippen MR) is 108 cm³/mol. The summed E-state index contributed by atoms with van der Waals surface area (Å²) >= 11 is 0. The molecule has 0 amide bonds. The summed E-state index contributed by atoms with van der Waals surface area (Å²) < 4.78 is 11.2. The molecule has 0 spiro atoms. The summed E-state index contributed by atoms with van der Waals surface area (Å²) in [4.78, 5) is 24.2. The molecule has 0 aliphatic carbocycles. The van der Waals surface area contributed by atoms with Gasteiger partial charge in [0.2, 0.25) is 0 Å². The molecule has 6 heteroatoms. The van der Waals surface area contributed by atoms with E-state index in [2.05, 4.69) is 0 Å². The summed E-state index contributed by atoms with van der Waals surface area (Å²) in [7, 11) is -4.72. The first-order chi connectivity index (χ1) is 12.2. The molecule has 0 fully saturated rings. The topological polar surface area (TPSA) is 52.6 Å². The minimum Gasteiger partial charge on any atom is -0.512 e. The van der Waals surface area contributed by atoms with Crippen LogP contribution in [0.3, 0.4) is 0 Å². The Hall–Kier alpha value is -2.45. The molecule has 0 aliphatic rings.